The summed E-state index contributed by atoms with van der Waals surface area (Å²) in [5.41, 5.74) is 4.51. The first-order valence-electron chi connectivity index (χ1n) is 13.6. The van der Waals surface area contributed by atoms with E-state index in [4.69, 9.17) is 19.8 Å². The molecule has 194 valence electrons. The number of para-hydroxylation sites is 1. The topological polar surface area (TPSA) is 64.2 Å². The Balaban J connectivity index is 1.26. The molecule has 0 atom stereocenters. The van der Waals surface area contributed by atoms with Gasteiger partial charge in [-0.3, -0.25) is 4.90 Å². The van der Waals surface area contributed by atoms with Gasteiger partial charge in [0.2, 0.25) is 0 Å². The van der Waals surface area contributed by atoms with Crippen LogP contribution in [-0.2, 0) is 18.3 Å². The van der Waals surface area contributed by atoms with Crippen LogP contribution in [0, 0.1) is 0 Å². The molecule has 5 heterocycles. The summed E-state index contributed by atoms with van der Waals surface area (Å²) >= 11 is 0. The van der Waals surface area contributed by atoms with Crippen molar-refractivity contribution in [3.05, 3.63) is 72.6 Å². The molecule has 0 radical (unpaired) electrons. The second kappa shape index (κ2) is 9.85. The molecule has 2 aromatic carbocycles. The van der Waals surface area contributed by atoms with Gasteiger partial charge < -0.3 is 14.2 Å². The zero-order valence-electron chi connectivity index (χ0n) is 21.8. The lowest BCUT2D eigenvalue weighted by atomic mass is 10.0. The second-order valence-electron chi connectivity index (χ2n) is 10.5. The molecule has 0 amide bonds. The number of fused-ring (bicyclic) bond motifs is 2. The normalized spacial score (nSPS) is 17.6. The van der Waals surface area contributed by atoms with Gasteiger partial charge in [0.25, 0.3) is 0 Å². The first-order valence-corrected chi connectivity index (χ1v) is 13.6. The van der Waals surface area contributed by atoms with Crippen molar-refractivity contribution in [2.45, 2.75) is 25.4 Å². The van der Waals surface area contributed by atoms with E-state index in [-0.39, 0.29) is 0 Å². The van der Waals surface area contributed by atoms with Crippen LogP contribution in [0.4, 0.5) is 5.82 Å². The second-order valence-corrected chi connectivity index (χ2v) is 10.5. The summed E-state index contributed by atoms with van der Waals surface area (Å²) in [5, 5.41) is 7.15. The molecule has 2 aliphatic heterocycles. The highest BCUT2D eigenvalue weighted by Gasteiger charge is 2.26. The van der Waals surface area contributed by atoms with E-state index in [9.17, 15) is 0 Å². The molecular weight excluding hydrogens is 474 g/mol. The molecule has 0 bridgehead atoms. The van der Waals surface area contributed by atoms with Crippen molar-refractivity contribution in [1.29, 1.82) is 0 Å². The van der Waals surface area contributed by atoms with E-state index < -0.39 is 0 Å². The summed E-state index contributed by atoms with van der Waals surface area (Å²) in [6, 6.07) is 19.6. The van der Waals surface area contributed by atoms with E-state index in [0.29, 0.717) is 19.3 Å². The van der Waals surface area contributed by atoms with Crippen molar-refractivity contribution in [3.63, 3.8) is 0 Å². The summed E-state index contributed by atoms with van der Waals surface area (Å²) in [7, 11) is 2.08. The lowest BCUT2D eigenvalue weighted by Crippen LogP contribution is -2.37. The van der Waals surface area contributed by atoms with Crippen molar-refractivity contribution < 1.29 is 4.74 Å². The fourth-order valence-corrected chi connectivity index (χ4v) is 6.01. The van der Waals surface area contributed by atoms with Gasteiger partial charge in [-0.25, -0.2) is 14.6 Å². The number of hydrogen-bond acceptors (Lipinski definition) is 6. The molecule has 2 saturated heterocycles. The molecule has 5 aromatic rings. The number of benzene rings is 2. The van der Waals surface area contributed by atoms with Gasteiger partial charge >= 0.3 is 0 Å². The zero-order valence-corrected chi connectivity index (χ0v) is 21.8. The smallest absolute Gasteiger partial charge is 0.166 e. The van der Waals surface area contributed by atoms with Gasteiger partial charge in [0.15, 0.2) is 11.5 Å². The maximum Gasteiger partial charge on any atom is 0.166 e. The lowest BCUT2D eigenvalue weighted by molar-refractivity contribution is 0.122. The van der Waals surface area contributed by atoms with Crippen LogP contribution < -0.4 is 4.90 Å². The number of aryl methyl sites for hydroxylation is 1. The third-order valence-electron chi connectivity index (χ3n) is 8.03. The van der Waals surface area contributed by atoms with E-state index in [1.165, 1.54) is 10.9 Å². The molecule has 7 rings (SSSR count). The molecule has 8 heteroatoms. The van der Waals surface area contributed by atoms with E-state index in [0.717, 1.165) is 79.3 Å². The minimum atomic E-state index is 0.325. The Kier molecular flexibility index (Phi) is 6.06. The number of morpholine rings is 1. The van der Waals surface area contributed by atoms with E-state index in [2.05, 4.69) is 86.9 Å². The average molecular weight is 508 g/mol. The third-order valence-corrected chi connectivity index (χ3v) is 8.03. The maximum absolute atomic E-state index is 5.65. The van der Waals surface area contributed by atoms with Crippen molar-refractivity contribution in [2.24, 2.45) is 7.05 Å². The van der Waals surface area contributed by atoms with Gasteiger partial charge in [-0.15, -0.1) is 0 Å². The van der Waals surface area contributed by atoms with Crippen LogP contribution in [0.1, 0.15) is 24.4 Å². The van der Waals surface area contributed by atoms with Crippen molar-refractivity contribution in [3.8, 4) is 11.4 Å². The van der Waals surface area contributed by atoms with Crippen LogP contribution in [0.25, 0.3) is 33.3 Å². The van der Waals surface area contributed by atoms with E-state index >= 15 is 0 Å². The van der Waals surface area contributed by atoms with Gasteiger partial charge in [-0.2, -0.15) is 5.10 Å². The van der Waals surface area contributed by atoms with Crippen molar-refractivity contribution in [1.82, 2.24) is 29.2 Å². The van der Waals surface area contributed by atoms with Crippen molar-refractivity contribution >= 4 is 27.8 Å². The van der Waals surface area contributed by atoms with E-state index in [1.807, 2.05) is 6.20 Å². The minimum absolute atomic E-state index is 0.325. The molecule has 0 aliphatic carbocycles. The van der Waals surface area contributed by atoms with E-state index in [1.54, 1.807) is 0 Å². The molecule has 2 aliphatic rings. The summed E-state index contributed by atoms with van der Waals surface area (Å²) in [4.78, 5) is 15.2. The zero-order chi connectivity index (χ0) is 25.5. The standard InChI is InChI=1S/C30H33N7O/c1-34-13-10-23-8-5-9-25(27(23)34)28-32-29(36-16-18-38-19-17-36)26-20-31-37(30(26)33-28)24-11-14-35(15-12-24)21-22-6-3-2-4-7-22/h2-10,13,20,24H,11-12,14-19,21H2,1H3. The molecule has 0 saturated carbocycles. The minimum Gasteiger partial charge on any atom is -0.378 e. The number of hydrogen-bond donors (Lipinski definition) is 0. The van der Waals surface area contributed by atoms with Crippen LogP contribution in [0.5, 0.6) is 0 Å². The fourth-order valence-electron chi connectivity index (χ4n) is 6.01. The summed E-state index contributed by atoms with van der Waals surface area (Å²) in [6.07, 6.45) is 6.19. The summed E-state index contributed by atoms with van der Waals surface area (Å²) in [5.74, 6) is 1.72. The molecular formula is C30H33N7O. The number of rotatable bonds is 5. The molecule has 8 nitrogen and oxygen atoms in total. The Morgan fingerprint density at radius 3 is 2.53 bits per heavy atom. The Hall–Kier alpha value is -3.75. The Bertz CT molecular complexity index is 1560. The number of anilines is 1. The number of aromatic nitrogens is 5. The first-order chi connectivity index (χ1) is 18.7. The van der Waals surface area contributed by atoms with Gasteiger partial charge in [-0.1, -0.05) is 42.5 Å². The van der Waals surface area contributed by atoms with Crippen LogP contribution in [0.2, 0.25) is 0 Å². The predicted octanol–water partition coefficient (Wildman–Crippen LogP) is 4.66. The van der Waals surface area contributed by atoms with Crippen LogP contribution >= 0.6 is 0 Å². The van der Waals surface area contributed by atoms with Gasteiger partial charge in [0.1, 0.15) is 5.82 Å². The molecule has 2 fully saturated rings. The fraction of sp³-hybridized carbons (Fsp3) is 0.367. The Morgan fingerprint density at radius 2 is 1.71 bits per heavy atom. The predicted molar refractivity (Wildman–Crippen MR) is 150 cm³/mol. The average Bonchev–Trinajstić information content (AvgIpc) is 3.58. The molecule has 0 spiro atoms. The molecule has 0 unspecified atom stereocenters. The summed E-state index contributed by atoms with van der Waals surface area (Å²) < 4.78 is 9.99. The van der Waals surface area contributed by atoms with Gasteiger partial charge in [-0.05, 0) is 30.5 Å². The summed E-state index contributed by atoms with van der Waals surface area (Å²) in [6.45, 7) is 6.17. The lowest BCUT2D eigenvalue weighted by Gasteiger charge is -2.32. The van der Waals surface area contributed by atoms with Crippen LogP contribution in [-0.4, -0.2) is 68.6 Å². The number of ether oxygens (including phenoxy) is 1. The van der Waals surface area contributed by atoms with Crippen LogP contribution in [0.15, 0.2) is 67.0 Å². The quantitative estimate of drug-likeness (QED) is 0.345. The highest BCUT2D eigenvalue weighted by Crippen LogP contribution is 2.34. The monoisotopic (exact) mass is 507 g/mol. The first kappa shape index (κ1) is 23.4. The van der Waals surface area contributed by atoms with Gasteiger partial charge in [0, 0.05) is 56.9 Å². The van der Waals surface area contributed by atoms with Crippen LogP contribution in [0.3, 0.4) is 0 Å². The number of nitrogens with zero attached hydrogens (tertiary/aromatic N) is 7. The Morgan fingerprint density at radius 1 is 0.895 bits per heavy atom. The maximum atomic E-state index is 5.65. The highest BCUT2D eigenvalue weighted by molar-refractivity contribution is 5.95. The largest absolute Gasteiger partial charge is 0.378 e. The van der Waals surface area contributed by atoms with Crippen molar-refractivity contribution in [2.75, 3.05) is 44.3 Å². The highest BCUT2D eigenvalue weighted by atomic mass is 16.5. The number of likely N-dealkylation sites (tertiary alicyclic amines) is 1. The van der Waals surface area contributed by atoms with Gasteiger partial charge in [0.05, 0.1) is 36.4 Å². The molecule has 38 heavy (non-hydrogen) atoms. The third kappa shape index (κ3) is 4.23. The SMILES string of the molecule is Cn1ccc2cccc(-c3nc(N4CCOCC4)c4cnn(C5CCN(Cc6ccccc6)CC5)c4n3)c21. The number of piperidine rings is 1. The molecule has 3 aromatic heterocycles. The Labute approximate surface area is 222 Å². The molecule has 0 N–H and O–H groups in total.